The Labute approximate surface area is 147 Å². The van der Waals surface area contributed by atoms with Gasteiger partial charge in [-0.25, -0.2) is 4.39 Å². The molecule has 0 spiro atoms. The first-order valence-corrected chi connectivity index (χ1v) is 8.60. The third-order valence-corrected chi connectivity index (χ3v) is 4.30. The van der Waals surface area contributed by atoms with Crippen LogP contribution in [-0.2, 0) is 6.54 Å². The maximum Gasteiger partial charge on any atom is 0.123 e. The molecule has 1 aromatic carbocycles. The summed E-state index contributed by atoms with van der Waals surface area (Å²) in [5, 5.41) is 10.2. The van der Waals surface area contributed by atoms with Crippen molar-refractivity contribution in [3.05, 3.63) is 60.2 Å². The van der Waals surface area contributed by atoms with Crippen LogP contribution in [0.4, 0.5) is 4.39 Å². The van der Waals surface area contributed by atoms with Gasteiger partial charge in [0.2, 0.25) is 0 Å². The fourth-order valence-electron chi connectivity index (χ4n) is 2.92. The normalized spacial score (nSPS) is 17.4. The van der Waals surface area contributed by atoms with Crippen LogP contribution < -0.4 is 4.74 Å². The van der Waals surface area contributed by atoms with E-state index in [0.29, 0.717) is 12.3 Å². The van der Waals surface area contributed by atoms with Gasteiger partial charge in [-0.05, 0) is 36.4 Å². The second-order valence-corrected chi connectivity index (χ2v) is 6.32. The quantitative estimate of drug-likeness (QED) is 0.829. The summed E-state index contributed by atoms with van der Waals surface area (Å²) < 4.78 is 18.3. The van der Waals surface area contributed by atoms with Crippen LogP contribution in [0.15, 0.2) is 48.7 Å². The van der Waals surface area contributed by atoms with Crippen molar-refractivity contribution in [2.75, 3.05) is 39.3 Å². The van der Waals surface area contributed by atoms with Crippen LogP contribution in [0, 0.1) is 5.82 Å². The van der Waals surface area contributed by atoms with Gasteiger partial charge in [0, 0.05) is 45.5 Å². The van der Waals surface area contributed by atoms with E-state index in [1.54, 1.807) is 12.1 Å². The lowest BCUT2D eigenvalue weighted by atomic mass is 10.2. The molecule has 0 aliphatic carbocycles. The van der Waals surface area contributed by atoms with E-state index in [-0.39, 0.29) is 12.4 Å². The maximum atomic E-state index is 12.8. The van der Waals surface area contributed by atoms with E-state index in [4.69, 9.17) is 4.74 Å². The van der Waals surface area contributed by atoms with E-state index in [1.165, 1.54) is 12.1 Å². The molecule has 1 fully saturated rings. The molecule has 25 heavy (non-hydrogen) atoms. The van der Waals surface area contributed by atoms with Crippen LogP contribution >= 0.6 is 0 Å². The zero-order valence-corrected chi connectivity index (χ0v) is 14.2. The van der Waals surface area contributed by atoms with Gasteiger partial charge in [0.25, 0.3) is 0 Å². The second kappa shape index (κ2) is 8.89. The zero-order valence-electron chi connectivity index (χ0n) is 14.2. The lowest BCUT2D eigenvalue weighted by molar-refractivity contribution is 0.0444. The molecular weight excluding hydrogens is 321 g/mol. The van der Waals surface area contributed by atoms with Crippen molar-refractivity contribution in [1.82, 2.24) is 14.8 Å². The first-order chi connectivity index (χ1) is 12.2. The smallest absolute Gasteiger partial charge is 0.123 e. The van der Waals surface area contributed by atoms with Gasteiger partial charge >= 0.3 is 0 Å². The Morgan fingerprint density at radius 2 is 1.76 bits per heavy atom. The van der Waals surface area contributed by atoms with E-state index in [0.717, 1.165) is 38.4 Å². The second-order valence-electron chi connectivity index (χ2n) is 6.32. The lowest BCUT2D eigenvalue weighted by Gasteiger charge is -2.35. The van der Waals surface area contributed by atoms with E-state index in [1.807, 2.05) is 24.4 Å². The largest absolute Gasteiger partial charge is 0.491 e. The van der Waals surface area contributed by atoms with Gasteiger partial charge in [-0.3, -0.25) is 14.8 Å². The highest BCUT2D eigenvalue weighted by Gasteiger charge is 2.19. The number of hydrogen-bond donors (Lipinski definition) is 1. The van der Waals surface area contributed by atoms with Gasteiger partial charge in [-0.2, -0.15) is 0 Å². The van der Waals surface area contributed by atoms with Crippen LogP contribution in [-0.4, -0.2) is 65.3 Å². The molecule has 6 heteroatoms. The summed E-state index contributed by atoms with van der Waals surface area (Å²) in [6.45, 7) is 5.41. The number of ether oxygens (including phenoxy) is 1. The first kappa shape index (κ1) is 17.8. The molecule has 1 aliphatic heterocycles. The molecular formula is C19H24FN3O2. The number of halogens is 1. The fourth-order valence-corrected chi connectivity index (χ4v) is 2.92. The minimum atomic E-state index is -0.563. The number of benzene rings is 1. The van der Waals surface area contributed by atoms with Crippen molar-refractivity contribution in [1.29, 1.82) is 0 Å². The Hall–Kier alpha value is -2.02. The van der Waals surface area contributed by atoms with Crippen LogP contribution in [0.1, 0.15) is 5.69 Å². The van der Waals surface area contributed by atoms with Gasteiger partial charge in [-0.15, -0.1) is 0 Å². The van der Waals surface area contributed by atoms with Crippen LogP contribution in [0.5, 0.6) is 5.75 Å². The van der Waals surface area contributed by atoms with E-state index >= 15 is 0 Å². The van der Waals surface area contributed by atoms with Crippen molar-refractivity contribution < 1.29 is 14.2 Å². The minimum absolute atomic E-state index is 0.208. The topological polar surface area (TPSA) is 48.8 Å². The Bertz CT molecular complexity index is 631. The molecule has 0 amide bonds. The first-order valence-electron chi connectivity index (χ1n) is 8.60. The van der Waals surface area contributed by atoms with E-state index < -0.39 is 6.10 Å². The lowest BCUT2D eigenvalue weighted by Crippen LogP contribution is -2.48. The third-order valence-electron chi connectivity index (χ3n) is 4.30. The monoisotopic (exact) mass is 345 g/mol. The molecule has 134 valence electrons. The van der Waals surface area contributed by atoms with Crippen molar-refractivity contribution in [3.63, 3.8) is 0 Å². The summed E-state index contributed by atoms with van der Waals surface area (Å²) in [7, 11) is 0. The van der Waals surface area contributed by atoms with Gasteiger partial charge < -0.3 is 9.84 Å². The number of rotatable bonds is 7. The number of β-amino-alcohol motifs (C(OH)–C–C–N with tert-alkyl or cyclic N) is 1. The fraction of sp³-hybridized carbons (Fsp3) is 0.421. The van der Waals surface area contributed by atoms with Crippen LogP contribution in [0.25, 0.3) is 0 Å². The van der Waals surface area contributed by atoms with Gasteiger partial charge in [0.05, 0.1) is 5.69 Å². The summed E-state index contributed by atoms with van der Waals surface area (Å²) in [5.41, 5.74) is 1.09. The van der Waals surface area contributed by atoms with Crippen LogP contribution in [0.2, 0.25) is 0 Å². The number of aliphatic hydroxyl groups excluding tert-OH is 1. The standard InChI is InChI=1S/C19H24FN3O2/c20-16-4-6-19(7-5-16)25-15-18(24)14-23-11-9-22(10-12-23)13-17-3-1-2-8-21-17/h1-8,18,24H,9-15H2. The average molecular weight is 345 g/mol. The molecule has 0 saturated carbocycles. The highest BCUT2D eigenvalue weighted by atomic mass is 19.1. The summed E-state index contributed by atoms with van der Waals surface area (Å²) in [6.07, 6.45) is 1.26. The predicted molar refractivity (Wildman–Crippen MR) is 93.9 cm³/mol. The molecule has 1 N–H and O–H groups in total. The SMILES string of the molecule is OC(COc1ccc(F)cc1)CN1CCN(Cc2ccccn2)CC1. The summed E-state index contributed by atoms with van der Waals surface area (Å²) in [6, 6.07) is 11.8. The Morgan fingerprint density at radius 1 is 1.04 bits per heavy atom. The summed E-state index contributed by atoms with van der Waals surface area (Å²) in [4.78, 5) is 8.98. The molecule has 3 rings (SSSR count). The van der Waals surface area contributed by atoms with Gasteiger partial charge in [0.15, 0.2) is 0 Å². The maximum absolute atomic E-state index is 12.8. The highest BCUT2D eigenvalue weighted by Crippen LogP contribution is 2.12. The number of pyridine rings is 1. The number of hydrogen-bond acceptors (Lipinski definition) is 5. The van der Waals surface area contributed by atoms with Crippen molar-refractivity contribution in [2.45, 2.75) is 12.6 Å². The number of piperazine rings is 1. The molecule has 1 unspecified atom stereocenters. The predicted octanol–water partition coefficient (Wildman–Crippen LogP) is 1.78. The molecule has 0 radical (unpaired) electrons. The minimum Gasteiger partial charge on any atom is -0.491 e. The molecule has 1 aliphatic rings. The van der Waals surface area contributed by atoms with Crippen molar-refractivity contribution in [3.8, 4) is 5.75 Å². The van der Waals surface area contributed by atoms with E-state index in [2.05, 4.69) is 14.8 Å². The molecule has 2 aromatic rings. The van der Waals surface area contributed by atoms with Crippen molar-refractivity contribution in [2.24, 2.45) is 0 Å². The molecule has 0 bridgehead atoms. The summed E-state index contributed by atoms with van der Waals surface area (Å²) >= 11 is 0. The van der Waals surface area contributed by atoms with Gasteiger partial charge in [-0.1, -0.05) is 6.07 Å². The van der Waals surface area contributed by atoms with Crippen molar-refractivity contribution >= 4 is 0 Å². The molecule has 1 atom stereocenters. The molecule has 1 saturated heterocycles. The van der Waals surface area contributed by atoms with E-state index in [9.17, 15) is 9.50 Å². The highest BCUT2D eigenvalue weighted by molar-refractivity contribution is 5.22. The Balaban J connectivity index is 1.36. The molecule has 2 heterocycles. The Kier molecular flexibility index (Phi) is 6.33. The average Bonchev–Trinajstić information content (AvgIpc) is 2.64. The number of aromatic nitrogens is 1. The Morgan fingerprint density at radius 3 is 2.44 bits per heavy atom. The van der Waals surface area contributed by atoms with Crippen LogP contribution in [0.3, 0.4) is 0 Å². The van der Waals surface area contributed by atoms with Gasteiger partial charge in [0.1, 0.15) is 24.3 Å². The number of aliphatic hydroxyl groups is 1. The summed E-state index contributed by atoms with van der Waals surface area (Å²) in [5.74, 6) is 0.275. The molecule has 1 aromatic heterocycles. The zero-order chi connectivity index (χ0) is 17.5. The third kappa shape index (κ3) is 5.77. The molecule has 5 nitrogen and oxygen atoms in total. The number of nitrogens with zero attached hydrogens (tertiary/aromatic N) is 3.